The van der Waals surface area contributed by atoms with Crippen LogP contribution < -0.4 is 0 Å². The van der Waals surface area contributed by atoms with Crippen LogP contribution in [0.25, 0.3) is 0 Å². The van der Waals surface area contributed by atoms with Crippen LogP contribution in [0.15, 0.2) is 0 Å². The van der Waals surface area contributed by atoms with Gasteiger partial charge in [0.05, 0.1) is 10.7 Å². The van der Waals surface area contributed by atoms with Gasteiger partial charge in [-0.05, 0) is 0 Å². The molecule has 1 nitrogen and oxygen atoms in total. The first-order chi connectivity index (χ1) is 4.27. The Morgan fingerprint density at radius 1 is 1.56 bits per heavy atom. The van der Waals surface area contributed by atoms with Gasteiger partial charge in [0.2, 0.25) is 0 Å². The molecule has 0 unspecified atom stereocenters. The molecule has 0 aromatic carbocycles. The standard InChI is InChI=1S/C7H9NS/c1-4(2)7-8-5-3-6(5)9-7/h4H,3H2,1-2H3. The fourth-order valence-electron chi connectivity index (χ4n) is 0.834. The molecule has 0 saturated carbocycles. The molecule has 0 fully saturated rings. The average molecular weight is 139 g/mol. The lowest BCUT2D eigenvalue weighted by atomic mass is 10.2. The fraction of sp³-hybridized carbons (Fsp3) is 0.571. The van der Waals surface area contributed by atoms with Gasteiger partial charge < -0.3 is 0 Å². The Balaban J connectivity index is 2.34. The van der Waals surface area contributed by atoms with Gasteiger partial charge in [-0.25, -0.2) is 4.98 Å². The van der Waals surface area contributed by atoms with E-state index in [-0.39, 0.29) is 0 Å². The van der Waals surface area contributed by atoms with Crippen molar-refractivity contribution in [2.75, 3.05) is 0 Å². The Hall–Kier alpha value is -0.370. The monoisotopic (exact) mass is 139 g/mol. The van der Waals surface area contributed by atoms with E-state index in [9.17, 15) is 0 Å². The van der Waals surface area contributed by atoms with Gasteiger partial charge >= 0.3 is 0 Å². The third kappa shape index (κ3) is 0.778. The molecule has 0 amide bonds. The highest BCUT2D eigenvalue weighted by molar-refractivity contribution is 7.12. The molecule has 1 aromatic rings. The largest absolute Gasteiger partial charge is 0.245 e. The maximum absolute atomic E-state index is 4.42. The predicted molar refractivity (Wildman–Crippen MR) is 39.0 cm³/mol. The zero-order valence-electron chi connectivity index (χ0n) is 5.64. The van der Waals surface area contributed by atoms with Gasteiger partial charge in [-0.1, -0.05) is 13.8 Å². The quantitative estimate of drug-likeness (QED) is 0.590. The molecule has 0 spiro atoms. The van der Waals surface area contributed by atoms with Crippen LogP contribution in [-0.4, -0.2) is 4.98 Å². The second-order valence-electron chi connectivity index (χ2n) is 2.75. The molecule has 9 heavy (non-hydrogen) atoms. The molecule has 0 atom stereocenters. The van der Waals surface area contributed by atoms with Gasteiger partial charge in [0.15, 0.2) is 0 Å². The number of hydrogen-bond acceptors (Lipinski definition) is 2. The Morgan fingerprint density at radius 2 is 2.33 bits per heavy atom. The summed E-state index contributed by atoms with van der Waals surface area (Å²) in [6.45, 7) is 4.38. The lowest BCUT2D eigenvalue weighted by Crippen LogP contribution is -1.84. The molecule has 1 aliphatic rings. The lowest BCUT2D eigenvalue weighted by Gasteiger charge is -1.96. The van der Waals surface area contributed by atoms with Crippen molar-refractivity contribution in [2.45, 2.75) is 26.2 Å². The number of thiazole rings is 1. The van der Waals surface area contributed by atoms with Crippen LogP contribution in [-0.2, 0) is 6.42 Å². The van der Waals surface area contributed by atoms with Crippen molar-refractivity contribution in [3.63, 3.8) is 0 Å². The molecule has 48 valence electrons. The van der Waals surface area contributed by atoms with Gasteiger partial charge in [0.25, 0.3) is 0 Å². The minimum Gasteiger partial charge on any atom is -0.245 e. The normalized spacial score (nSPS) is 14.1. The molecule has 0 aliphatic heterocycles. The fourth-order valence-corrected chi connectivity index (χ4v) is 1.85. The molecular weight excluding hydrogens is 130 g/mol. The Bertz CT molecular complexity index is 218. The smallest absolute Gasteiger partial charge is 0.0956 e. The summed E-state index contributed by atoms with van der Waals surface area (Å²) in [5.74, 6) is 0.628. The topological polar surface area (TPSA) is 12.9 Å². The van der Waals surface area contributed by atoms with E-state index in [1.54, 1.807) is 0 Å². The predicted octanol–water partition coefficient (Wildman–Crippen LogP) is 2.17. The van der Waals surface area contributed by atoms with E-state index in [1.165, 1.54) is 22.0 Å². The molecule has 2 heteroatoms. The van der Waals surface area contributed by atoms with Crippen molar-refractivity contribution in [1.82, 2.24) is 4.98 Å². The zero-order chi connectivity index (χ0) is 6.43. The minimum absolute atomic E-state index is 0.628. The first-order valence-electron chi connectivity index (χ1n) is 3.26. The van der Waals surface area contributed by atoms with Gasteiger partial charge in [0.1, 0.15) is 0 Å². The van der Waals surface area contributed by atoms with Crippen LogP contribution in [0.2, 0.25) is 0 Å². The highest BCUT2D eigenvalue weighted by Crippen LogP contribution is 2.36. The lowest BCUT2D eigenvalue weighted by molar-refractivity contribution is 0.848. The number of fused-ring (bicyclic) bond motifs is 1. The third-order valence-corrected chi connectivity index (χ3v) is 2.89. The molecule has 1 aliphatic carbocycles. The average Bonchev–Trinajstić information content (AvgIpc) is 2.40. The molecule has 1 heterocycles. The summed E-state index contributed by atoms with van der Waals surface area (Å²) in [4.78, 5) is 5.93. The van der Waals surface area contributed by atoms with E-state index in [0.29, 0.717) is 5.92 Å². The van der Waals surface area contributed by atoms with Crippen LogP contribution in [0.5, 0.6) is 0 Å². The van der Waals surface area contributed by atoms with Crippen molar-refractivity contribution in [2.24, 2.45) is 0 Å². The highest BCUT2D eigenvalue weighted by Gasteiger charge is 2.23. The number of aromatic nitrogens is 1. The molecule has 1 aromatic heterocycles. The van der Waals surface area contributed by atoms with Crippen molar-refractivity contribution in [1.29, 1.82) is 0 Å². The maximum Gasteiger partial charge on any atom is 0.0956 e. The summed E-state index contributed by atoms with van der Waals surface area (Å²) in [7, 11) is 0. The molecule has 2 rings (SSSR count). The van der Waals surface area contributed by atoms with Crippen LogP contribution in [0.4, 0.5) is 0 Å². The van der Waals surface area contributed by atoms with E-state index in [2.05, 4.69) is 18.8 Å². The second kappa shape index (κ2) is 1.57. The number of hydrogen-bond donors (Lipinski definition) is 0. The summed E-state index contributed by atoms with van der Waals surface area (Å²) in [5, 5.41) is 1.31. The first-order valence-corrected chi connectivity index (χ1v) is 4.07. The molecule has 0 radical (unpaired) electrons. The van der Waals surface area contributed by atoms with Crippen LogP contribution in [0.1, 0.15) is 35.3 Å². The first kappa shape index (κ1) is 5.42. The van der Waals surface area contributed by atoms with Gasteiger partial charge in [-0.3, -0.25) is 0 Å². The van der Waals surface area contributed by atoms with Crippen molar-refractivity contribution < 1.29 is 0 Å². The van der Waals surface area contributed by atoms with E-state index >= 15 is 0 Å². The van der Waals surface area contributed by atoms with E-state index in [4.69, 9.17) is 0 Å². The Labute approximate surface area is 58.7 Å². The van der Waals surface area contributed by atoms with Gasteiger partial charge in [0, 0.05) is 17.2 Å². The molecule has 0 N–H and O–H groups in total. The summed E-state index contributed by atoms with van der Waals surface area (Å²) < 4.78 is 0. The highest BCUT2D eigenvalue weighted by atomic mass is 32.1. The van der Waals surface area contributed by atoms with Gasteiger partial charge in [-0.15, -0.1) is 11.3 Å². The van der Waals surface area contributed by atoms with Crippen LogP contribution in [0.3, 0.4) is 0 Å². The minimum atomic E-state index is 0.628. The molecule has 0 saturated heterocycles. The van der Waals surface area contributed by atoms with E-state index in [0.717, 1.165) is 0 Å². The number of rotatable bonds is 1. The summed E-state index contributed by atoms with van der Waals surface area (Å²) in [6, 6.07) is 0. The van der Waals surface area contributed by atoms with Crippen molar-refractivity contribution in [3.8, 4) is 0 Å². The van der Waals surface area contributed by atoms with E-state index in [1.807, 2.05) is 11.3 Å². The van der Waals surface area contributed by atoms with E-state index < -0.39 is 0 Å². The zero-order valence-corrected chi connectivity index (χ0v) is 6.46. The molecule has 0 bridgehead atoms. The molecular formula is C7H9NS. The third-order valence-electron chi connectivity index (χ3n) is 1.49. The van der Waals surface area contributed by atoms with Gasteiger partial charge in [-0.2, -0.15) is 0 Å². The Kier molecular flexibility index (Phi) is 0.943. The summed E-state index contributed by atoms with van der Waals surface area (Å²) in [6.07, 6.45) is 1.18. The number of nitrogens with zero attached hydrogens (tertiary/aromatic N) is 1. The summed E-state index contributed by atoms with van der Waals surface area (Å²) >= 11 is 1.88. The van der Waals surface area contributed by atoms with Crippen molar-refractivity contribution in [3.05, 3.63) is 15.6 Å². The maximum atomic E-state index is 4.42. The van der Waals surface area contributed by atoms with Crippen LogP contribution >= 0.6 is 11.3 Å². The summed E-state index contributed by atoms with van der Waals surface area (Å²) in [5.41, 5.74) is 1.35. The Morgan fingerprint density at radius 3 is 2.67 bits per heavy atom. The second-order valence-corrected chi connectivity index (χ2v) is 3.87. The van der Waals surface area contributed by atoms with Crippen molar-refractivity contribution >= 4 is 11.3 Å². The SMILES string of the molecule is CC(C)c1nc2c(s1)C2. The van der Waals surface area contributed by atoms with Crippen LogP contribution in [0, 0.1) is 0 Å².